The monoisotopic (exact) mass is 810 g/mol. The topological polar surface area (TPSA) is 18.5 Å². The van der Waals surface area contributed by atoms with Gasteiger partial charge in [0.25, 0.3) is 0 Å². The summed E-state index contributed by atoms with van der Waals surface area (Å²) < 4.78 is 308. The molecule has 1 unspecified atom stereocenters. The second-order valence-electron chi connectivity index (χ2n) is 11.4. The van der Waals surface area contributed by atoms with E-state index in [-0.39, 0.29) is 12.1 Å². The SMILES string of the molecule is FC1=C(F)C(OB(Oc2c(F)c(F)c(F)c3c(F)c(F)c(F)c(F)c23)c2c(F)c(F)c(F)c3c2C(F)(F)c2c(F)c(F)c(F)c(F)c2-3)c2ccc(F)c(F)c21. The van der Waals surface area contributed by atoms with Gasteiger partial charge in [-0.05, 0) is 11.6 Å². The second kappa shape index (κ2) is 12.3. The van der Waals surface area contributed by atoms with Crippen molar-refractivity contribution in [3.05, 3.63) is 133 Å². The van der Waals surface area contributed by atoms with Gasteiger partial charge in [-0.2, -0.15) is 13.2 Å². The lowest BCUT2D eigenvalue weighted by Gasteiger charge is -2.26. The zero-order chi connectivity index (χ0) is 40.6. The van der Waals surface area contributed by atoms with Gasteiger partial charge in [0.15, 0.2) is 105 Å². The van der Waals surface area contributed by atoms with E-state index in [9.17, 15) is 52.7 Å². The summed E-state index contributed by atoms with van der Waals surface area (Å²) >= 11 is 0. The predicted octanol–water partition coefficient (Wildman–Crippen LogP) is 10.3. The molecule has 0 heterocycles. The van der Waals surface area contributed by atoms with Crippen LogP contribution >= 0.6 is 0 Å². The van der Waals surface area contributed by atoms with Crippen LogP contribution < -0.4 is 10.1 Å². The third-order valence-electron chi connectivity index (χ3n) is 8.59. The van der Waals surface area contributed by atoms with Crippen molar-refractivity contribution < 1.29 is 97.1 Å². The molecule has 5 aromatic carbocycles. The number of alkyl halides is 2. The summed E-state index contributed by atoms with van der Waals surface area (Å²) in [4.78, 5) is 0. The lowest BCUT2D eigenvalue weighted by molar-refractivity contribution is 0.0430. The maximum Gasteiger partial charge on any atom is 0.567 e. The molecule has 5 aromatic rings. The molecule has 0 radical (unpaired) electrons. The first kappa shape index (κ1) is 37.8. The fourth-order valence-corrected chi connectivity index (χ4v) is 6.22. The minimum Gasteiger partial charge on any atom is -0.530 e. The van der Waals surface area contributed by atoms with Crippen LogP contribution in [-0.2, 0) is 10.6 Å². The van der Waals surface area contributed by atoms with Gasteiger partial charge < -0.3 is 9.31 Å². The van der Waals surface area contributed by atoms with Crippen molar-refractivity contribution in [3.63, 3.8) is 0 Å². The Morgan fingerprint density at radius 1 is 0.455 bits per heavy atom. The number of rotatable bonds is 5. The molecular weight excluding hydrogens is 807 g/mol. The maximum atomic E-state index is 16.1. The minimum absolute atomic E-state index is 0.111. The molecule has 286 valence electrons. The number of benzene rings is 5. The highest BCUT2D eigenvalue weighted by Gasteiger charge is 2.57. The molecule has 2 nitrogen and oxygen atoms in total. The third kappa shape index (κ3) is 4.83. The van der Waals surface area contributed by atoms with Crippen LogP contribution in [0.1, 0.15) is 28.4 Å². The van der Waals surface area contributed by atoms with Crippen LogP contribution in [0.4, 0.5) is 87.8 Å². The first-order valence-corrected chi connectivity index (χ1v) is 14.2. The average molecular weight is 810 g/mol. The zero-order valence-corrected chi connectivity index (χ0v) is 25.2. The molecule has 0 aliphatic heterocycles. The summed E-state index contributed by atoms with van der Waals surface area (Å²) in [6.07, 6.45) is -3.17. The Balaban J connectivity index is 1.60. The molecule has 7 rings (SSSR count). The van der Waals surface area contributed by atoms with E-state index in [1.807, 2.05) is 0 Å². The van der Waals surface area contributed by atoms with Gasteiger partial charge in [0, 0.05) is 22.2 Å². The van der Waals surface area contributed by atoms with Crippen LogP contribution in [0.2, 0.25) is 0 Å². The van der Waals surface area contributed by atoms with Gasteiger partial charge in [0.2, 0.25) is 5.82 Å². The number of hydrogen-bond acceptors (Lipinski definition) is 2. The smallest absolute Gasteiger partial charge is 0.530 e. The average Bonchev–Trinajstić information content (AvgIpc) is 3.53. The Kier molecular flexibility index (Phi) is 8.44. The molecule has 0 saturated carbocycles. The first-order valence-electron chi connectivity index (χ1n) is 14.2. The van der Waals surface area contributed by atoms with Crippen molar-refractivity contribution in [2.75, 3.05) is 0 Å². The van der Waals surface area contributed by atoms with Gasteiger partial charge >= 0.3 is 13.0 Å². The van der Waals surface area contributed by atoms with Crippen LogP contribution in [0.25, 0.3) is 27.7 Å². The van der Waals surface area contributed by atoms with Gasteiger partial charge in [-0.15, -0.1) is 0 Å². The Bertz CT molecular complexity index is 2630. The van der Waals surface area contributed by atoms with Crippen LogP contribution in [-0.4, -0.2) is 7.12 Å². The highest BCUT2D eigenvalue weighted by atomic mass is 19.3. The van der Waals surface area contributed by atoms with E-state index in [0.29, 0.717) is 0 Å². The minimum atomic E-state index is -5.69. The lowest BCUT2D eigenvalue weighted by atomic mass is 9.72. The summed E-state index contributed by atoms with van der Waals surface area (Å²) in [6.45, 7) is 0. The summed E-state index contributed by atoms with van der Waals surface area (Å²) in [6, 6.07) is 0.370. The molecule has 0 saturated heterocycles. The summed E-state index contributed by atoms with van der Waals surface area (Å²) in [7, 11) is -4.02. The summed E-state index contributed by atoms with van der Waals surface area (Å²) in [5.74, 6) is -59.1. The Hall–Kier alpha value is -5.48. The Morgan fingerprint density at radius 3 is 1.51 bits per heavy atom. The van der Waals surface area contributed by atoms with E-state index in [0.717, 1.165) is 0 Å². The third-order valence-corrected chi connectivity index (χ3v) is 8.59. The molecule has 0 spiro atoms. The molecule has 2 aliphatic carbocycles. The zero-order valence-electron chi connectivity index (χ0n) is 25.2. The Morgan fingerprint density at radius 2 is 0.927 bits per heavy atom. The highest BCUT2D eigenvalue weighted by Crippen LogP contribution is 2.55. The lowest BCUT2D eigenvalue weighted by Crippen LogP contribution is -2.47. The molecule has 55 heavy (non-hydrogen) atoms. The van der Waals surface area contributed by atoms with Crippen molar-refractivity contribution >= 4 is 29.2 Å². The van der Waals surface area contributed by atoms with E-state index in [4.69, 9.17) is 4.65 Å². The predicted molar refractivity (Wildman–Crippen MR) is 144 cm³/mol. The highest BCUT2D eigenvalue weighted by molar-refractivity contribution is 6.63. The Labute approximate surface area is 288 Å². The van der Waals surface area contributed by atoms with Gasteiger partial charge in [-0.1, -0.05) is 6.07 Å². The molecule has 0 fully saturated rings. The van der Waals surface area contributed by atoms with E-state index >= 15 is 35.1 Å². The van der Waals surface area contributed by atoms with E-state index in [2.05, 4.69) is 4.65 Å². The van der Waals surface area contributed by atoms with Crippen molar-refractivity contribution in [2.45, 2.75) is 12.0 Å². The quantitative estimate of drug-likeness (QED) is 0.0762. The van der Waals surface area contributed by atoms with Crippen molar-refractivity contribution in [2.24, 2.45) is 0 Å². The van der Waals surface area contributed by atoms with Crippen LogP contribution in [0, 0.1) is 93.1 Å². The number of hydrogen-bond donors (Lipinski definition) is 0. The fraction of sp³-hybridized carbons (Fsp3) is 0.0625. The van der Waals surface area contributed by atoms with Gasteiger partial charge in [-0.3, -0.25) is 0 Å². The van der Waals surface area contributed by atoms with Crippen LogP contribution in [0.3, 0.4) is 0 Å². The number of halogens is 20. The van der Waals surface area contributed by atoms with E-state index < -0.39 is 179 Å². The van der Waals surface area contributed by atoms with Crippen molar-refractivity contribution in [3.8, 4) is 16.9 Å². The van der Waals surface area contributed by atoms with Crippen LogP contribution in [0.5, 0.6) is 5.75 Å². The van der Waals surface area contributed by atoms with Crippen molar-refractivity contribution in [1.82, 2.24) is 0 Å². The van der Waals surface area contributed by atoms with E-state index in [1.165, 1.54) is 0 Å². The first-order chi connectivity index (χ1) is 25.6. The summed E-state index contributed by atoms with van der Waals surface area (Å²) in [5, 5.41) is -4.81. The van der Waals surface area contributed by atoms with E-state index in [1.54, 1.807) is 0 Å². The second-order valence-corrected chi connectivity index (χ2v) is 11.4. The molecule has 2 aliphatic rings. The fourth-order valence-electron chi connectivity index (χ4n) is 6.22. The molecule has 23 heteroatoms. The summed E-state index contributed by atoms with van der Waals surface area (Å²) in [5.41, 5.74) is -15.9. The molecule has 0 aromatic heterocycles. The molecular formula is C32H3BF20O2. The van der Waals surface area contributed by atoms with Crippen molar-refractivity contribution in [1.29, 1.82) is 0 Å². The molecule has 0 N–H and O–H groups in total. The number of fused-ring (bicyclic) bond motifs is 5. The standard InChI is InChI=1S/C32H3BF20O2/c34-4-2-1-3-5(13(4)35)14(36)28(50)30(3)54-33(55-31-9-8(18(40)26(48)29(31)51)17(39)24(46)25(47)19(9)41)12-10-6(15(37)22(44)21(12)43)7-11(32(10,52)53)20(42)27(49)23(45)16(7)38/h1-2,30H. The molecule has 1 atom stereocenters. The van der Waals surface area contributed by atoms with Crippen LogP contribution in [0.15, 0.2) is 18.0 Å². The largest absolute Gasteiger partial charge is 0.567 e. The van der Waals surface area contributed by atoms with Gasteiger partial charge in [0.05, 0.1) is 21.9 Å². The maximum absolute atomic E-state index is 16.1. The molecule has 0 bridgehead atoms. The van der Waals surface area contributed by atoms with Gasteiger partial charge in [0.1, 0.15) is 6.10 Å². The molecule has 0 amide bonds. The normalized spacial score (nSPS) is 15.6. The van der Waals surface area contributed by atoms with Gasteiger partial charge in [-0.25, -0.2) is 74.6 Å².